The lowest BCUT2D eigenvalue weighted by Gasteiger charge is -2.14. The van der Waals surface area contributed by atoms with Gasteiger partial charge in [-0.2, -0.15) is 0 Å². The Labute approximate surface area is 157 Å². The Balaban J connectivity index is 2.17. The molecule has 134 valence electrons. The van der Waals surface area contributed by atoms with Crippen molar-refractivity contribution in [1.82, 2.24) is 5.32 Å². The summed E-state index contributed by atoms with van der Waals surface area (Å²) in [5.41, 5.74) is 0.748. The number of amides is 2. The summed E-state index contributed by atoms with van der Waals surface area (Å²) in [4.78, 5) is 23.7. The number of thioether (sulfide) groups is 1. The molecule has 0 spiro atoms. The fourth-order valence-electron chi connectivity index (χ4n) is 2.22. The van der Waals surface area contributed by atoms with E-state index in [0.717, 1.165) is 23.0 Å². The van der Waals surface area contributed by atoms with E-state index < -0.39 is 0 Å². The zero-order valence-corrected chi connectivity index (χ0v) is 17.0. The third-order valence-corrected chi connectivity index (χ3v) is 4.83. The molecular weight excluding hydrogens is 388 g/mol. The second-order valence-electron chi connectivity index (χ2n) is 6.34. The van der Waals surface area contributed by atoms with E-state index >= 15 is 0 Å². The second-order valence-corrected chi connectivity index (χ2v) is 8.25. The topological polar surface area (TPSA) is 58.2 Å². The van der Waals surface area contributed by atoms with Crippen LogP contribution < -0.4 is 10.6 Å². The average Bonchev–Trinajstić information content (AvgIpc) is 2.46. The van der Waals surface area contributed by atoms with E-state index in [-0.39, 0.29) is 23.6 Å². The number of halogens is 1. The molecule has 2 amide bonds. The SMILES string of the molecule is CC(C)CCCC(C)NC(=O)CSCC(=O)Nc1cccc(Br)c1. The Morgan fingerprint density at radius 1 is 1.12 bits per heavy atom. The highest BCUT2D eigenvalue weighted by Gasteiger charge is 2.09. The summed E-state index contributed by atoms with van der Waals surface area (Å²) in [6, 6.07) is 7.62. The first-order valence-corrected chi connectivity index (χ1v) is 10.2. The smallest absolute Gasteiger partial charge is 0.234 e. The van der Waals surface area contributed by atoms with Gasteiger partial charge in [0.1, 0.15) is 0 Å². The average molecular weight is 415 g/mol. The third-order valence-electron chi connectivity index (χ3n) is 3.40. The molecule has 1 unspecified atom stereocenters. The number of rotatable bonds is 10. The molecule has 1 aromatic carbocycles. The number of carbonyl (C=O) groups excluding carboxylic acids is 2. The van der Waals surface area contributed by atoms with Gasteiger partial charge in [-0.1, -0.05) is 48.7 Å². The summed E-state index contributed by atoms with van der Waals surface area (Å²) in [6.45, 7) is 6.45. The lowest BCUT2D eigenvalue weighted by molar-refractivity contribution is -0.119. The number of hydrogen-bond acceptors (Lipinski definition) is 3. The molecule has 4 nitrogen and oxygen atoms in total. The molecule has 2 N–H and O–H groups in total. The molecule has 0 fully saturated rings. The molecule has 24 heavy (non-hydrogen) atoms. The molecule has 1 aromatic rings. The number of nitrogens with one attached hydrogen (secondary N) is 2. The molecule has 6 heteroatoms. The maximum absolute atomic E-state index is 11.9. The lowest BCUT2D eigenvalue weighted by atomic mass is 10.0. The van der Waals surface area contributed by atoms with Crippen LogP contribution in [0.15, 0.2) is 28.7 Å². The van der Waals surface area contributed by atoms with Gasteiger partial charge >= 0.3 is 0 Å². The maximum Gasteiger partial charge on any atom is 0.234 e. The second kappa shape index (κ2) is 11.5. The zero-order chi connectivity index (χ0) is 17.9. The standard InChI is InChI=1S/C18H27BrN2O2S/c1-13(2)6-4-7-14(3)20-17(22)11-24-12-18(23)21-16-9-5-8-15(19)10-16/h5,8-10,13-14H,4,6-7,11-12H2,1-3H3,(H,20,22)(H,21,23). The van der Waals surface area contributed by atoms with Gasteiger partial charge in [0.05, 0.1) is 11.5 Å². The summed E-state index contributed by atoms with van der Waals surface area (Å²) >= 11 is 4.69. The van der Waals surface area contributed by atoms with Gasteiger partial charge in [0.25, 0.3) is 0 Å². The van der Waals surface area contributed by atoms with Gasteiger partial charge in [-0.15, -0.1) is 11.8 Å². The Bertz CT molecular complexity index is 538. The first kappa shape index (κ1) is 21.0. The normalized spacial score (nSPS) is 12.0. The predicted molar refractivity (Wildman–Crippen MR) is 106 cm³/mol. The Kier molecular flexibility index (Phi) is 10.1. The fraction of sp³-hybridized carbons (Fsp3) is 0.556. The quantitative estimate of drug-likeness (QED) is 0.594. The van der Waals surface area contributed by atoms with Crippen molar-refractivity contribution in [3.63, 3.8) is 0 Å². The molecule has 1 rings (SSSR count). The molecular formula is C18H27BrN2O2S. The predicted octanol–water partition coefficient (Wildman–Crippen LogP) is 4.45. The van der Waals surface area contributed by atoms with Gasteiger partial charge < -0.3 is 10.6 Å². The van der Waals surface area contributed by atoms with Gasteiger partial charge in [-0.05, 0) is 37.5 Å². The first-order chi connectivity index (χ1) is 11.4. The summed E-state index contributed by atoms with van der Waals surface area (Å²) in [5, 5.41) is 5.80. The highest BCUT2D eigenvalue weighted by molar-refractivity contribution is 9.10. The van der Waals surface area contributed by atoms with Gasteiger partial charge in [0.15, 0.2) is 0 Å². The Hall–Kier alpha value is -1.01. The third kappa shape index (κ3) is 9.98. The van der Waals surface area contributed by atoms with Crippen molar-refractivity contribution in [2.75, 3.05) is 16.8 Å². The van der Waals surface area contributed by atoms with E-state index in [4.69, 9.17) is 0 Å². The van der Waals surface area contributed by atoms with Crippen molar-refractivity contribution < 1.29 is 9.59 Å². The fourth-order valence-corrected chi connectivity index (χ4v) is 3.25. The van der Waals surface area contributed by atoms with Crippen molar-refractivity contribution in [3.05, 3.63) is 28.7 Å². The number of carbonyl (C=O) groups is 2. The van der Waals surface area contributed by atoms with Crippen LogP contribution in [0.1, 0.15) is 40.0 Å². The molecule has 0 aromatic heterocycles. The Morgan fingerprint density at radius 2 is 1.83 bits per heavy atom. The van der Waals surface area contributed by atoms with Crippen LogP contribution in [0.25, 0.3) is 0 Å². The van der Waals surface area contributed by atoms with Crippen molar-refractivity contribution in [3.8, 4) is 0 Å². The monoisotopic (exact) mass is 414 g/mol. The molecule has 0 heterocycles. The molecule has 0 aliphatic heterocycles. The van der Waals surface area contributed by atoms with E-state index in [1.54, 1.807) is 0 Å². The van der Waals surface area contributed by atoms with Gasteiger partial charge in [0, 0.05) is 16.2 Å². The number of hydrogen-bond donors (Lipinski definition) is 2. The largest absolute Gasteiger partial charge is 0.353 e. The van der Waals surface area contributed by atoms with E-state index in [1.165, 1.54) is 18.2 Å². The van der Waals surface area contributed by atoms with Gasteiger partial charge in [-0.25, -0.2) is 0 Å². The van der Waals surface area contributed by atoms with Crippen molar-refractivity contribution in [1.29, 1.82) is 0 Å². The van der Waals surface area contributed by atoms with Crippen LogP contribution >= 0.6 is 27.7 Å². The van der Waals surface area contributed by atoms with Crippen LogP contribution in [0.3, 0.4) is 0 Å². The molecule has 0 bridgehead atoms. The summed E-state index contributed by atoms with van der Waals surface area (Å²) in [7, 11) is 0. The molecule has 0 radical (unpaired) electrons. The van der Waals surface area contributed by atoms with Crippen molar-refractivity contribution in [2.45, 2.75) is 46.1 Å². The van der Waals surface area contributed by atoms with E-state index in [9.17, 15) is 9.59 Å². The van der Waals surface area contributed by atoms with E-state index in [1.807, 2.05) is 31.2 Å². The molecule has 0 aliphatic carbocycles. The van der Waals surface area contributed by atoms with Gasteiger partial charge in [-0.3, -0.25) is 9.59 Å². The molecule has 1 atom stereocenters. The van der Waals surface area contributed by atoms with Crippen LogP contribution in [0.4, 0.5) is 5.69 Å². The van der Waals surface area contributed by atoms with E-state index in [2.05, 4.69) is 40.4 Å². The van der Waals surface area contributed by atoms with Crippen LogP contribution in [0.5, 0.6) is 0 Å². The van der Waals surface area contributed by atoms with Crippen LogP contribution in [0.2, 0.25) is 0 Å². The van der Waals surface area contributed by atoms with Crippen LogP contribution in [-0.4, -0.2) is 29.4 Å². The highest BCUT2D eigenvalue weighted by atomic mass is 79.9. The Morgan fingerprint density at radius 3 is 2.50 bits per heavy atom. The lowest BCUT2D eigenvalue weighted by Crippen LogP contribution is -2.34. The summed E-state index contributed by atoms with van der Waals surface area (Å²) in [6.07, 6.45) is 3.31. The van der Waals surface area contributed by atoms with Crippen molar-refractivity contribution >= 4 is 45.2 Å². The number of benzene rings is 1. The molecule has 0 saturated heterocycles. The van der Waals surface area contributed by atoms with Crippen LogP contribution in [0, 0.1) is 5.92 Å². The minimum atomic E-state index is -0.101. The molecule has 0 saturated carbocycles. The zero-order valence-electron chi connectivity index (χ0n) is 14.6. The van der Waals surface area contributed by atoms with Crippen molar-refractivity contribution in [2.24, 2.45) is 5.92 Å². The minimum absolute atomic E-state index is 0.00713. The van der Waals surface area contributed by atoms with Crippen LogP contribution in [-0.2, 0) is 9.59 Å². The van der Waals surface area contributed by atoms with E-state index in [0.29, 0.717) is 11.7 Å². The number of anilines is 1. The molecule has 0 aliphatic rings. The minimum Gasteiger partial charge on any atom is -0.353 e. The summed E-state index contributed by atoms with van der Waals surface area (Å²) in [5.74, 6) is 1.16. The first-order valence-electron chi connectivity index (χ1n) is 8.29. The summed E-state index contributed by atoms with van der Waals surface area (Å²) < 4.78 is 0.916. The van der Waals surface area contributed by atoms with Gasteiger partial charge in [0.2, 0.25) is 11.8 Å². The maximum atomic E-state index is 11.9. The highest BCUT2D eigenvalue weighted by Crippen LogP contribution is 2.16.